The lowest BCUT2D eigenvalue weighted by atomic mass is 10.0. The Morgan fingerprint density at radius 3 is 2.50 bits per heavy atom. The Labute approximate surface area is 108 Å². The molecule has 1 aromatic carbocycles. The number of benzene rings is 1. The van der Waals surface area contributed by atoms with Gasteiger partial charge >= 0.3 is 0 Å². The molecule has 0 unspecified atom stereocenters. The average molecular weight is 248 g/mol. The molecule has 1 heterocycles. The molecule has 0 aliphatic rings. The standard InChI is InChI=1S/C15H21FN2/c1-11-13(16)7-6-12-8-9-18(14(11)12)10-15(2,3)17(4)5/h6-9H,10H2,1-5H3. The number of hydrogen-bond acceptors (Lipinski definition) is 1. The fraction of sp³-hybridized carbons (Fsp3) is 0.467. The Morgan fingerprint density at radius 1 is 1.22 bits per heavy atom. The van der Waals surface area contributed by atoms with Gasteiger partial charge in [0.15, 0.2) is 0 Å². The third-order valence-corrected chi connectivity index (χ3v) is 3.89. The van der Waals surface area contributed by atoms with Gasteiger partial charge in [-0.15, -0.1) is 0 Å². The molecule has 2 nitrogen and oxygen atoms in total. The van der Waals surface area contributed by atoms with Crippen LogP contribution in [0, 0.1) is 12.7 Å². The van der Waals surface area contributed by atoms with Crippen LogP contribution < -0.4 is 0 Å². The monoisotopic (exact) mass is 248 g/mol. The quantitative estimate of drug-likeness (QED) is 0.808. The molecular formula is C15H21FN2. The molecule has 0 atom stereocenters. The summed E-state index contributed by atoms with van der Waals surface area (Å²) < 4.78 is 15.8. The van der Waals surface area contributed by atoms with Crippen molar-refractivity contribution in [1.29, 1.82) is 0 Å². The van der Waals surface area contributed by atoms with E-state index in [1.54, 1.807) is 6.07 Å². The van der Waals surface area contributed by atoms with E-state index < -0.39 is 0 Å². The fourth-order valence-electron chi connectivity index (χ4n) is 2.15. The second-order valence-electron chi connectivity index (χ2n) is 5.76. The van der Waals surface area contributed by atoms with Gasteiger partial charge in [0.2, 0.25) is 0 Å². The highest BCUT2D eigenvalue weighted by atomic mass is 19.1. The average Bonchev–Trinajstić information content (AvgIpc) is 2.66. The number of aromatic nitrogens is 1. The predicted molar refractivity (Wildman–Crippen MR) is 74.4 cm³/mol. The summed E-state index contributed by atoms with van der Waals surface area (Å²) in [4.78, 5) is 2.19. The van der Waals surface area contributed by atoms with E-state index in [4.69, 9.17) is 0 Å². The van der Waals surface area contributed by atoms with Gasteiger partial charge in [-0.05, 0) is 53.1 Å². The smallest absolute Gasteiger partial charge is 0.128 e. The predicted octanol–water partition coefficient (Wildman–Crippen LogP) is 3.43. The van der Waals surface area contributed by atoms with E-state index in [2.05, 4.69) is 37.4 Å². The molecule has 0 amide bonds. The minimum absolute atomic E-state index is 0.0324. The summed E-state index contributed by atoms with van der Waals surface area (Å²) in [6.07, 6.45) is 2.04. The largest absolute Gasteiger partial charge is 0.345 e. The maximum absolute atomic E-state index is 13.7. The topological polar surface area (TPSA) is 8.17 Å². The van der Waals surface area contributed by atoms with Crippen LogP contribution in [0.15, 0.2) is 24.4 Å². The number of fused-ring (bicyclic) bond motifs is 1. The molecule has 0 N–H and O–H groups in total. The van der Waals surface area contributed by atoms with Crippen molar-refractivity contribution in [3.8, 4) is 0 Å². The molecule has 0 saturated carbocycles. The number of hydrogen-bond donors (Lipinski definition) is 0. The van der Waals surface area contributed by atoms with Gasteiger partial charge in [-0.3, -0.25) is 0 Å². The van der Waals surface area contributed by atoms with Gasteiger partial charge in [0.25, 0.3) is 0 Å². The second kappa shape index (κ2) is 4.39. The van der Waals surface area contributed by atoms with Crippen molar-refractivity contribution < 1.29 is 4.39 Å². The van der Waals surface area contributed by atoms with Crippen molar-refractivity contribution in [3.05, 3.63) is 35.8 Å². The van der Waals surface area contributed by atoms with Crippen LogP contribution in [0.5, 0.6) is 0 Å². The van der Waals surface area contributed by atoms with Crippen molar-refractivity contribution in [3.63, 3.8) is 0 Å². The molecular weight excluding hydrogens is 227 g/mol. The lowest BCUT2D eigenvalue weighted by Crippen LogP contribution is -2.41. The van der Waals surface area contributed by atoms with Crippen LogP contribution in [0.25, 0.3) is 10.9 Å². The number of nitrogens with zero attached hydrogens (tertiary/aromatic N) is 2. The summed E-state index contributed by atoms with van der Waals surface area (Å²) >= 11 is 0. The highest BCUT2D eigenvalue weighted by Crippen LogP contribution is 2.24. The van der Waals surface area contributed by atoms with Crippen molar-refractivity contribution >= 4 is 10.9 Å². The first-order chi connectivity index (χ1) is 8.33. The lowest BCUT2D eigenvalue weighted by molar-refractivity contribution is 0.171. The number of aryl methyl sites for hydroxylation is 1. The fourth-order valence-corrected chi connectivity index (χ4v) is 2.15. The van der Waals surface area contributed by atoms with Crippen LogP contribution in [-0.2, 0) is 6.54 Å². The zero-order chi connectivity index (χ0) is 13.5. The van der Waals surface area contributed by atoms with Gasteiger partial charge in [-0.1, -0.05) is 0 Å². The Bertz CT molecular complexity index is 567. The Kier molecular flexibility index (Phi) is 3.20. The molecule has 98 valence electrons. The number of halogens is 1. The van der Waals surface area contributed by atoms with Gasteiger partial charge in [0.05, 0.1) is 5.52 Å². The molecule has 0 bridgehead atoms. The van der Waals surface area contributed by atoms with Crippen molar-refractivity contribution in [1.82, 2.24) is 9.47 Å². The summed E-state index contributed by atoms with van der Waals surface area (Å²) in [7, 11) is 4.14. The molecule has 0 spiro atoms. The van der Waals surface area contributed by atoms with Crippen LogP contribution in [0.1, 0.15) is 19.4 Å². The first-order valence-corrected chi connectivity index (χ1v) is 6.24. The Balaban J connectivity index is 2.50. The number of rotatable bonds is 3. The van der Waals surface area contributed by atoms with E-state index in [1.807, 2.05) is 25.3 Å². The van der Waals surface area contributed by atoms with E-state index in [1.165, 1.54) is 0 Å². The molecule has 18 heavy (non-hydrogen) atoms. The third kappa shape index (κ3) is 2.15. The minimum atomic E-state index is -0.134. The van der Waals surface area contributed by atoms with E-state index in [9.17, 15) is 4.39 Å². The SMILES string of the molecule is Cc1c(F)ccc2ccn(CC(C)(C)N(C)C)c12. The zero-order valence-corrected chi connectivity index (χ0v) is 11.8. The highest BCUT2D eigenvalue weighted by Gasteiger charge is 2.22. The Hall–Kier alpha value is -1.35. The molecule has 0 aliphatic heterocycles. The van der Waals surface area contributed by atoms with Gasteiger partial charge in [-0.2, -0.15) is 0 Å². The van der Waals surface area contributed by atoms with Gasteiger partial charge in [0.1, 0.15) is 5.82 Å². The lowest BCUT2D eigenvalue weighted by Gasteiger charge is -2.33. The van der Waals surface area contributed by atoms with Crippen molar-refractivity contribution in [2.75, 3.05) is 14.1 Å². The first kappa shape index (κ1) is 13.1. The van der Waals surface area contributed by atoms with Crippen LogP contribution in [0.3, 0.4) is 0 Å². The maximum Gasteiger partial charge on any atom is 0.128 e. The molecule has 0 fully saturated rings. The van der Waals surface area contributed by atoms with Crippen molar-refractivity contribution in [2.45, 2.75) is 32.9 Å². The van der Waals surface area contributed by atoms with Gasteiger partial charge in [0, 0.05) is 29.2 Å². The zero-order valence-electron chi connectivity index (χ0n) is 11.8. The van der Waals surface area contributed by atoms with Crippen LogP contribution in [-0.4, -0.2) is 29.1 Å². The molecule has 2 rings (SSSR count). The van der Waals surface area contributed by atoms with E-state index in [-0.39, 0.29) is 11.4 Å². The van der Waals surface area contributed by atoms with Crippen LogP contribution in [0.2, 0.25) is 0 Å². The normalized spacial score (nSPS) is 12.6. The summed E-state index contributed by atoms with van der Waals surface area (Å²) in [6, 6.07) is 5.43. The second-order valence-corrected chi connectivity index (χ2v) is 5.76. The molecule has 2 aromatic rings. The van der Waals surface area contributed by atoms with Gasteiger partial charge < -0.3 is 9.47 Å². The summed E-state index contributed by atoms with van der Waals surface area (Å²) in [5.41, 5.74) is 1.77. The molecule has 0 aliphatic carbocycles. The highest BCUT2D eigenvalue weighted by molar-refractivity contribution is 5.83. The third-order valence-electron chi connectivity index (χ3n) is 3.89. The summed E-state index contributed by atoms with van der Waals surface area (Å²) in [5.74, 6) is -0.134. The summed E-state index contributed by atoms with van der Waals surface area (Å²) in [6.45, 7) is 7.06. The Morgan fingerprint density at radius 2 is 1.89 bits per heavy atom. The van der Waals surface area contributed by atoms with E-state index in [0.29, 0.717) is 0 Å². The minimum Gasteiger partial charge on any atom is -0.345 e. The maximum atomic E-state index is 13.7. The van der Waals surface area contributed by atoms with Crippen molar-refractivity contribution in [2.24, 2.45) is 0 Å². The molecule has 0 saturated heterocycles. The van der Waals surface area contributed by atoms with E-state index >= 15 is 0 Å². The van der Waals surface area contributed by atoms with Gasteiger partial charge in [-0.25, -0.2) is 4.39 Å². The summed E-state index contributed by atoms with van der Waals surface area (Å²) in [5, 5.41) is 1.10. The van der Waals surface area contributed by atoms with Crippen LogP contribution >= 0.6 is 0 Å². The molecule has 0 radical (unpaired) electrons. The van der Waals surface area contributed by atoms with Crippen LogP contribution in [0.4, 0.5) is 4.39 Å². The molecule has 3 heteroatoms. The number of likely N-dealkylation sites (N-methyl/N-ethyl adjacent to an activating group) is 1. The molecule has 1 aromatic heterocycles. The van der Waals surface area contributed by atoms with E-state index in [0.717, 1.165) is 23.0 Å². The first-order valence-electron chi connectivity index (χ1n) is 6.24.